The summed E-state index contributed by atoms with van der Waals surface area (Å²) in [5, 5.41) is 9.86. The molecule has 1 amide bonds. The lowest BCUT2D eigenvalue weighted by Crippen LogP contribution is -2.31. The van der Waals surface area contributed by atoms with Crippen LogP contribution in [0.15, 0.2) is 4.34 Å². The van der Waals surface area contributed by atoms with Crippen LogP contribution in [-0.2, 0) is 19.6 Å². The summed E-state index contributed by atoms with van der Waals surface area (Å²) in [5.41, 5.74) is 0. The minimum atomic E-state index is -3.71. The van der Waals surface area contributed by atoms with Crippen LogP contribution in [0, 0.1) is 0 Å². The van der Waals surface area contributed by atoms with Gasteiger partial charge < -0.3 is 10.1 Å². The Morgan fingerprint density at radius 1 is 1.50 bits per heavy atom. The second kappa shape index (κ2) is 6.57. The molecule has 1 atom stereocenters. The third kappa shape index (κ3) is 3.95. The van der Waals surface area contributed by atoms with Gasteiger partial charge >= 0.3 is 0 Å². The van der Waals surface area contributed by atoms with Crippen molar-refractivity contribution in [2.75, 3.05) is 18.5 Å². The van der Waals surface area contributed by atoms with Gasteiger partial charge in [0, 0.05) is 19.6 Å². The lowest BCUT2D eigenvalue weighted by Gasteiger charge is -2.09. The molecule has 2 rings (SSSR count). The number of amides is 1. The summed E-state index contributed by atoms with van der Waals surface area (Å²) in [6, 6.07) is 0. The number of aromatic nitrogens is 2. The third-order valence-electron chi connectivity index (χ3n) is 2.73. The minimum absolute atomic E-state index is 0.0861. The van der Waals surface area contributed by atoms with Crippen molar-refractivity contribution in [1.82, 2.24) is 14.9 Å². The normalized spacial score (nSPS) is 19.1. The Bertz CT molecular complexity index is 566. The first-order valence-electron chi connectivity index (χ1n) is 6.26. The highest BCUT2D eigenvalue weighted by Crippen LogP contribution is 2.20. The fourth-order valence-corrected chi connectivity index (χ4v) is 3.67. The average Bonchev–Trinajstić information content (AvgIpc) is 3.07. The van der Waals surface area contributed by atoms with Crippen molar-refractivity contribution in [3.8, 4) is 0 Å². The molecule has 112 valence electrons. The van der Waals surface area contributed by atoms with Gasteiger partial charge in [-0.3, -0.25) is 4.79 Å². The molecule has 0 bridgehead atoms. The number of nitrogens with zero attached hydrogens (tertiary/aromatic N) is 2. The Morgan fingerprint density at radius 2 is 2.30 bits per heavy atom. The first kappa shape index (κ1) is 15.3. The number of nitrogens with one attached hydrogen (secondary N) is 2. The highest BCUT2D eigenvalue weighted by molar-refractivity contribution is 7.91. The van der Waals surface area contributed by atoms with Crippen LogP contribution in [0.5, 0.6) is 0 Å². The number of carbonyl (C=O) groups excluding carboxylic acids is 1. The van der Waals surface area contributed by atoms with Crippen LogP contribution >= 0.6 is 11.3 Å². The van der Waals surface area contributed by atoms with E-state index in [1.165, 1.54) is 0 Å². The van der Waals surface area contributed by atoms with Gasteiger partial charge in [-0.2, -0.15) is 0 Å². The van der Waals surface area contributed by atoms with Crippen molar-refractivity contribution in [3.05, 3.63) is 0 Å². The molecule has 0 spiro atoms. The molecule has 0 saturated carbocycles. The van der Waals surface area contributed by atoms with Gasteiger partial charge in [-0.15, -0.1) is 10.2 Å². The van der Waals surface area contributed by atoms with Crippen LogP contribution < -0.4 is 10.0 Å². The smallest absolute Gasteiger partial charge is 0.269 e. The summed E-state index contributed by atoms with van der Waals surface area (Å²) in [4.78, 5) is 11.2. The van der Waals surface area contributed by atoms with E-state index in [0.29, 0.717) is 13.0 Å². The Morgan fingerprint density at radius 3 is 2.95 bits per heavy atom. The molecule has 1 fully saturated rings. The van der Waals surface area contributed by atoms with Crippen LogP contribution in [0.3, 0.4) is 0 Å². The van der Waals surface area contributed by atoms with Crippen LogP contribution in [0.4, 0.5) is 5.13 Å². The molecule has 8 nitrogen and oxygen atoms in total. The number of sulfonamides is 1. The second-order valence-corrected chi connectivity index (χ2v) is 7.18. The van der Waals surface area contributed by atoms with Gasteiger partial charge in [-0.05, 0) is 12.8 Å². The molecular formula is C10H16N4O4S2. The first-order chi connectivity index (χ1) is 9.51. The quantitative estimate of drug-likeness (QED) is 0.732. The van der Waals surface area contributed by atoms with Crippen LogP contribution in [0.1, 0.15) is 26.2 Å². The van der Waals surface area contributed by atoms with Gasteiger partial charge in [-0.1, -0.05) is 18.3 Å². The maximum absolute atomic E-state index is 12.0. The third-order valence-corrected chi connectivity index (χ3v) is 5.36. The van der Waals surface area contributed by atoms with E-state index in [-0.39, 0.29) is 28.0 Å². The van der Waals surface area contributed by atoms with Crippen LogP contribution in [0.2, 0.25) is 0 Å². The number of ether oxygens (including phenoxy) is 1. The standard InChI is InChI=1S/C10H16N4O4S2/c1-2-8(15)12-9-13-14-10(19-9)20(16,17)11-6-7-4-3-5-18-7/h7,11H,2-6H2,1H3,(H,12,13,15)/t7-/m1/s1. The molecule has 2 heterocycles. The molecule has 10 heteroatoms. The number of anilines is 1. The Balaban J connectivity index is 1.96. The highest BCUT2D eigenvalue weighted by Gasteiger charge is 2.23. The molecule has 1 aliphatic heterocycles. The predicted molar refractivity (Wildman–Crippen MR) is 73.0 cm³/mol. The molecular weight excluding hydrogens is 304 g/mol. The SMILES string of the molecule is CCC(=O)Nc1nnc(S(=O)(=O)NC[C@H]2CCCO2)s1. The van der Waals surface area contributed by atoms with Gasteiger partial charge in [0.2, 0.25) is 15.4 Å². The van der Waals surface area contributed by atoms with E-state index < -0.39 is 10.0 Å². The molecule has 1 saturated heterocycles. The van der Waals surface area contributed by atoms with Crippen LogP contribution in [0.25, 0.3) is 0 Å². The summed E-state index contributed by atoms with van der Waals surface area (Å²) in [5.74, 6) is -0.239. The lowest BCUT2D eigenvalue weighted by atomic mass is 10.2. The molecule has 1 aromatic rings. The van der Waals surface area contributed by atoms with E-state index >= 15 is 0 Å². The van der Waals surface area contributed by atoms with Crippen molar-refractivity contribution in [3.63, 3.8) is 0 Å². The zero-order valence-corrected chi connectivity index (χ0v) is 12.6. The summed E-state index contributed by atoms with van der Waals surface area (Å²) in [6.07, 6.45) is 1.99. The zero-order chi connectivity index (χ0) is 14.6. The molecule has 0 aromatic carbocycles. The monoisotopic (exact) mass is 320 g/mol. The number of rotatable bonds is 6. The number of hydrogen-bond donors (Lipinski definition) is 2. The first-order valence-corrected chi connectivity index (χ1v) is 8.56. The van der Waals surface area contributed by atoms with Gasteiger partial charge in [0.15, 0.2) is 0 Å². The van der Waals surface area contributed by atoms with E-state index in [1.807, 2.05) is 0 Å². The molecule has 2 N–H and O–H groups in total. The minimum Gasteiger partial charge on any atom is -0.377 e. The van der Waals surface area contributed by atoms with Gasteiger partial charge in [-0.25, -0.2) is 13.1 Å². The Kier molecular flexibility index (Phi) is 5.02. The van der Waals surface area contributed by atoms with E-state index in [9.17, 15) is 13.2 Å². The summed E-state index contributed by atoms with van der Waals surface area (Å²) in [7, 11) is -3.71. The summed E-state index contributed by atoms with van der Waals surface area (Å²) >= 11 is 0.821. The average molecular weight is 320 g/mol. The molecule has 0 radical (unpaired) electrons. The number of hydrogen-bond acceptors (Lipinski definition) is 7. The molecule has 1 aliphatic rings. The van der Waals surface area contributed by atoms with E-state index in [1.54, 1.807) is 6.92 Å². The van der Waals surface area contributed by atoms with Gasteiger partial charge in [0.05, 0.1) is 6.10 Å². The van der Waals surface area contributed by atoms with Crippen LogP contribution in [-0.4, -0.2) is 43.8 Å². The Hall–Kier alpha value is -1.10. The molecule has 1 aromatic heterocycles. The fourth-order valence-electron chi connectivity index (χ4n) is 1.65. The molecule has 0 aliphatic carbocycles. The summed E-state index contributed by atoms with van der Waals surface area (Å²) in [6.45, 7) is 2.58. The lowest BCUT2D eigenvalue weighted by molar-refractivity contribution is -0.115. The number of carbonyl (C=O) groups is 1. The second-order valence-electron chi connectivity index (χ2n) is 4.26. The highest BCUT2D eigenvalue weighted by atomic mass is 32.2. The van der Waals surface area contributed by atoms with E-state index in [0.717, 1.165) is 24.2 Å². The van der Waals surface area contributed by atoms with E-state index in [2.05, 4.69) is 20.2 Å². The topological polar surface area (TPSA) is 110 Å². The Labute approximate surface area is 121 Å². The maximum atomic E-state index is 12.0. The van der Waals surface area contributed by atoms with Crippen molar-refractivity contribution in [2.24, 2.45) is 0 Å². The van der Waals surface area contributed by atoms with Gasteiger partial charge in [0.25, 0.3) is 10.0 Å². The fraction of sp³-hybridized carbons (Fsp3) is 0.700. The molecule has 20 heavy (non-hydrogen) atoms. The van der Waals surface area contributed by atoms with Crippen molar-refractivity contribution in [1.29, 1.82) is 0 Å². The van der Waals surface area contributed by atoms with Crippen molar-refractivity contribution in [2.45, 2.75) is 36.6 Å². The summed E-state index contributed by atoms with van der Waals surface area (Å²) < 4.78 is 31.6. The largest absolute Gasteiger partial charge is 0.377 e. The van der Waals surface area contributed by atoms with Gasteiger partial charge in [0.1, 0.15) is 0 Å². The van der Waals surface area contributed by atoms with E-state index in [4.69, 9.17) is 4.74 Å². The van der Waals surface area contributed by atoms with Crippen molar-refractivity contribution < 1.29 is 17.9 Å². The predicted octanol–water partition coefficient (Wildman–Crippen LogP) is 0.344. The molecule has 0 unspecified atom stereocenters. The zero-order valence-electron chi connectivity index (χ0n) is 11.0. The van der Waals surface area contributed by atoms with Crippen molar-refractivity contribution >= 4 is 32.4 Å². The maximum Gasteiger partial charge on any atom is 0.269 e.